The number of carbonyl (C=O) groups is 4. The van der Waals surface area contributed by atoms with E-state index in [0.29, 0.717) is 25.9 Å². The van der Waals surface area contributed by atoms with Crippen molar-refractivity contribution in [3.8, 4) is 5.75 Å². The van der Waals surface area contributed by atoms with E-state index in [0.717, 1.165) is 11.1 Å². The minimum Gasteiger partial charge on any atom is -0.481 e. The number of ether oxygens (including phenoxy) is 1. The number of aryl methyl sites for hydroxylation is 2. The summed E-state index contributed by atoms with van der Waals surface area (Å²) < 4.78 is 6.64. The van der Waals surface area contributed by atoms with E-state index in [4.69, 9.17) is 4.74 Å². The molecular formula is C21H17Br2N3O5. The molecule has 10 heteroatoms. The first-order valence-electron chi connectivity index (χ1n) is 9.01. The fraction of sp³-hybridized carbons (Fsp3) is 0.143. The second-order valence-electron chi connectivity index (χ2n) is 6.76. The largest absolute Gasteiger partial charge is 0.481 e. The number of halogens is 2. The maximum Gasteiger partial charge on any atom is 0.328 e. The van der Waals surface area contributed by atoms with E-state index in [1.807, 2.05) is 42.7 Å². The predicted molar refractivity (Wildman–Crippen MR) is 122 cm³/mol. The number of barbiturate groups is 1. The summed E-state index contributed by atoms with van der Waals surface area (Å²) in [6, 6.07) is 8.09. The van der Waals surface area contributed by atoms with Gasteiger partial charge < -0.3 is 10.1 Å². The maximum absolute atomic E-state index is 12.3. The first-order valence-corrected chi connectivity index (χ1v) is 10.6. The van der Waals surface area contributed by atoms with E-state index in [9.17, 15) is 19.2 Å². The van der Waals surface area contributed by atoms with Crippen LogP contribution < -0.4 is 20.7 Å². The van der Waals surface area contributed by atoms with Crippen LogP contribution >= 0.6 is 31.9 Å². The third kappa shape index (κ3) is 5.59. The molecule has 1 aliphatic heterocycles. The lowest BCUT2D eigenvalue weighted by Crippen LogP contribution is -2.51. The van der Waals surface area contributed by atoms with E-state index in [1.54, 1.807) is 12.1 Å². The Bertz CT molecular complexity index is 1100. The quantitative estimate of drug-likeness (QED) is 0.389. The third-order valence-corrected chi connectivity index (χ3v) is 5.46. The van der Waals surface area contributed by atoms with Gasteiger partial charge in [-0.1, -0.05) is 17.7 Å². The summed E-state index contributed by atoms with van der Waals surface area (Å²) >= 11 is 6.74. The minimum absolute atomic E-state index is 0.208. The van der Waals surface area contributed by atoms with Crippen LogP contribution in [-0.4, -0.2) is 30.4 Å². The number of hydrogen-bond donors (Lipinski definition) is 3. The van der Waals surface area contributed by atoms with Crippen LogP contribution in [0.2, 0.25) is 0 Å². The van der Waals surface area contributed by atoms with Crippen molar-refractivity contribution in [1.82, 2.24) is 10.6 Å². The summed E-state index contributed by atoms with van der Waals surface area (Å²) in [4.78, 5) is 47.2. The average Bonchev–Trinajstić information content (AvgIpc) is 2.66. The van der Waals surface area contributed by atoms with Gasteiger partial charge in [-0.2, -0.15) is 0 Å². The number of imide groups is 2. The van der Waals surface area contributed by atoms with Crippen LogP contribution in [0, 0.1) is 13.8 Å². The molecule has 2 aromatic rings. The first-order chi connectivity index (χ1) is 14.6. The van der Waals surface area contributed by atoms with Crippen molar-refractivity contribution in [3.05, 3.63) is 61.5 Å². The topological polar surface area (TPSA) is 114 Å². The van der Waals surface area contributed by atoms with Gasteiger partial charge in [0.05, 0.1) is 8.95 Å². The van der Waals surface area contributed by atoms with Crippen molar-refractivity contribution in [3.63, 3.8) is 0 Å². The van der Waals surface area contributed by atoms with Gasteiger partial charge in [0.2, 0.25) is 0 Å². The molecule has 1 heterocycles. The zero-order chi connectivity index (χ0) is 22.7. The highest BCUT2D eigenvalue weighted by atomic mass is 79.9. The van der Waals surface area contributed by atoms with Crippen LogP contribution in [0.5, 0.6) is 5.75 Å². The molecule has 3 rings (SSSR count). The Hall–Kier alpha value is -2.98. The van der Waals surface area contributed by atoms with Crippen LogP contribution in [0.25, 0.3) is 6.08 Å². The summed E-state index contributed by atoms with van der Waals surface area (Å²) in [5.74, 6) is -1.52. The van der Waals surface area contributed by atoms with Crippen LogP contribution in [0.4, 0.5) is 10.5 Å². The Kier molecular flexibility index (Phi) is 6.91. The van der Waals surface area contributed by atoms with Gasteiger partial charge in [-0.05, 0) is 81.1 Å². The summed E-state index contributed by atoms with van der Waals surface area (Å²) in [6.45, 7) is 3.66. The summed E-state index contributed by atoms with van der Waals surface area (Å²) in [6.07, 6.45) is 1.34. The lowest BCUT2D eigenvalue weighted by Gasteiger charge is -2.15. The number of urea groups is 1. The fourth-order valence-electron chi connectivity index (χ4n) is 2.85. The summed E-state index contributed by atoms with van der Waals surface area (Å²) in [5, 5.41) is 6.82. The molecular weight excluding hydrogens is 534 g/mol. The van der Waals surface area contributed by atoms with Crippen LogP contribution in [0.3, 0.4) is 0 Å². The minimum atomic E-state index is -0.864. The summed E-state index contributed by atoms with van der Waals surface area (Å²) in [5.41, 5.74) is 3.05. The number of nitrogens with one attached hydrogen (secondary N) is 3. The predicted octanol–water partition coefficient (Wildman–Crippen LogP) is 3.60. The molecule has 31 heavy (non-hydrogen) atoms. The van der Waals surface area contributed by atoms with Gasteiger partial charge in [-0.15, -0.1) is 0 Å². The highest BCUT2D eigenvalue weighted by Crippen LogP contribution is 2.35. The molecule has 0 aromatic heterocycles. The Morgan fingerprint density at radius 3 is 2.23 bits per heavy atom. The number of rotatable bonds is 5. The lowest BCUT2D eigenvalue weighted by atomic mass is 10.1. The van der Waals surface area contributed by atoms with E-state index in [2.05, 4.69) is 37.2 Å². The smallest absolute Gasteiger partial charge is 0.328 e. The molecule has 1 fully saturated rings. The zero-order valence-electron chi connectivity index (χ0n) is 16.5. The standard InChI is InChI=1S/C21H17Br2N3O5/c1-10-3-4-16(11(2)5-10)24-17(27)9-31-18-14(22)7-12(8-15(18)23)6-13-19(28)25-21(30)26-20(13)29/h3-8H,9H2,1-2H3,(H,24,27)(H2,25,26,28,29,30). The van der Waals surface area contributed by atoms with Gasteiger partial charge in [0.25, 0.3) is 17.7 Å². The van der Waals surface area contributed by atoms with Gasteiger partial charge in [-0.25, -0.2) is 4.79 Å². The number of carbonyl (C=O) groups excluding carboxylic acids is 4. The molecule has 1 saturated heterocycles. The van der Waals surface area contributed by atoms with E-state index in [-0.39, 0.29) is 18.1 Å². The van der Waals surface area contributed by atoms with Crippen LogP contribution in [0.1, 0.15) is 16.7 Å². The molecule has 0 saturated carbocycles. The molecule has 0 spiro atoms. The van der Waals surface area contributed by atoms with Gasteiger partial charge in [0, 0.05) is 5.69 Å². The molecule has 0 atom stereocenters. The Labute approximate surface area is 194 Å². The van der Waals surface area contributed by atoms with Gasteiger partial charge in [0.1, 0.15) is 11.3 Å². The number of amides is 5. The molecule has 3 N–H and O–H groups in total. The normalized spacial score (nSPS) is 13.4. The number of anilines is 1. The fourth-order valence-corrected chi connectivity index (χ4v) is 4.30. The Balaban J connectivity index is 1.71. The number of benzene rings is 2. The van der Waals surface area contributed by atoms with Crippen molar-refractivity contribution >= 4 is 67.4 Å². The van der Waals surface area contributed by atoms with Crippen LogP contribution in [-0.2, 0) is 14.4 Å². The molecule has 5 amide bonds. The van der Waals surface area contributed by atoms with Crippen LogP contribution in [0.15, 0.2) is 44.9 Å². The second kappa shape index (κ2) is 9.44. The highest BCUT2D eigenvalue weighted by molar-refractivity contribution is 9.11. The van der Waals surface area contributed by atoms with Gasteiger partial charge >= 0.3 is 6.03 Å². The molecule has 2 aromatic carbocycles. The molecule has 0 radical (unpaired) electrons. The average molecular weight is 551 g/mol. The van der Waals surface area contributed by atoms with Crippen molar-refractivity contribution in [2.45, 2.75) is 13.8 Å². The highest BCUT2D eigenvalue weighted by Gasteiger charge is 2.27. The molecule has 0 aliphatic carbocycles. The second-order valence-corrected chi connectivity index (χ2v) is 8.47. The molecule has 8 nitrogen and oxygen atoms in total. The van der Waals surface area contributed by atoms with Crippen molar-refractivity contribution in [2.75, 3.05) is 11.9 Å². The van der Waals surface area contributed by atoms with Gasteiger partial charge in [0.15, 0.2) is 6.61 Å². The van der Waals surface area contributed by atoms with E-state index >= 15 is 0 Å². The maximum atomic E-state index is 12.3. The summed E-state index contributed by atoms with van der Waals surface area (Å²) in [7, 11) is 0. The number of hydrogen-bond acceptors (Lipinski definition) is 5. The lowest BCUT2D eigenvalue weighted by molar-refractivity contribution is -0.124. The SMILES string of the molecule is Cc1ccc(NC(=O)COc2c(Br)cc(C=C3C(=O)NC(=O)NC3=O)cc2Br)c(C)c1. The van der Waals surface area contributed by atoms with Crippen molar-refractivity contribution < 1.29 is 23.9 Å². The zero-order valence-corrected chi connectivity index (χ0v) is 19.6. The molecule has 0 bridgehead atoms. The molecule has 1 aliphatic rings. The van der Waals surface area contributed by atoms with Crippen molar-refractivity contribution in [2.24, 2.45) is 0 Å². The monoisotopic (exact) mass is 549 g/mol. The third-order valence-electron chi connectivity index (χ3n) is 4.28. The Morgan fingerprint density at radius 2 is 1.65 bits per heavy atom. The van der Waals surface area contributed by atoms with Crippen molar-refractivity contribution in [1.29, 1.82) is 0 Å². The Morgan fingerprint density at radius 1 is 1.03 bits per heavy atom. The molecule has 0 unspecified atom stereocenters. The van der Waals surface area contributed by atoms with E-state index < -0.39 is 17.8 Å². The molecule has 160 valence electrons. The van der Waals surface area contributed by atoms with E-state index in [1.165, 1.54) is 6.08 Å². The first kappa shape index (κ1) is 22.7. The van der Waals surface area contributed by atoms with Gasteiger partial charge in [-0.3, -0.25) is 25.0 Å².